The first-order valence-electron chi connectivity index (χ1n) is 8.29. The summed E-state index contributed by atoms with van der Waals surface area (Å²) in [4.78, 5) is 0. The summed E-state index contributed by atoms with van der Waals surface area (Å²) in [5.41, 5.74) is 0. The van der Waals surface area contributed by atoms with Crippen LogP contribution in [0.1, 0.15) is 91.9 Å². The summed E-state index contributed by atoms with van der Waals surface area (Å²) in [5.74, 6) is 1.61. The number of allylic oxidation sites excluding steroid dienone is 2. The van der Waals surface area contributed by atoms with Crippen LogP contribution >= 0.6 is 0 Å². The molecule has 0 spiro atoms. The van der Waals surface area contributed by atoms with Crippen molar-refractivity contribution in [2.45, 2.75) is 91.9 Å². The lowest BCUT2D eigenvalue weighted by Gasteiger charge is -2.04. The van der Waals surface area contributed by atoms with Crippen molar-refractivity contribution < 1.29 is 0 Å². The van der Waals surface area contributed by atoms with Crippen molar-refractivity contribution in [2.24, 2.45) is 11.8 Å². The number of rotatable bonds is 12. The Kier molecular flexibility index (Phi) is 13.0. The van der Waals surface area contributed by atoms with E-state index in [1.807, 2.05) is 0 Å². The third-order valence-corrected chi connectivity index (χ3v) is 3.42. The quantitative estimate of drug-likeness (QED) is 0.266. The van der Waals surface area contributed by atoms with Crippen LogP contribution in [0.5, 0.6) is 0 Å². The minimum Gasteiger partial charge on any atom is -0.0883 e. The maximum atomic E-state index is 2.36. The highest BCUT2D eigenvalue weighted by Crippen LogP contribution is 2.13. The molecule has 0 bridgehead atoms. The zero-order valence-electron chi connectivity index (χ0n) is 13.4. The van der Waals surface area contributed by atoms with E-state index in [2.05, 4.69) is 39.8 Å². The Morgan fingerprint density at radius 2 is 1.17 bits per heavy atom. The van der Waals surface area contributed by atoms with E-state index in [4.69, 9.17) is 0 Å². The molecule has 0 radical (unpaired) electrons. The lowest BCUT2D eigenvalue weighted by atomic mass is 10.0. The van der Waals surface area contributed by atoms with Crippen LogP contribution < -0.4 is 0 Å². The van der Waals surface area contributed by atoms with Gasteiger partial charge in [-0.25, -0.2) is 0 Å². The molecule has 0 rings (SSSR count). The highest BCUT2D eigenvalue weighted by Gasteiger charge is 1.95. The Morgan fingerprint density at radius 3 is 1.67 bits per heavy atom. The van der Waals surface area contributed by atoms with Gasteiger partial charge in [0.2, 0.25) is 0 Å². The summed E-state index contributed by atoms with van der Waals surface area (Å²) in [6.07, 6.45) is 18.9. The molecule has 0 saturated heterocycles. The molecule has 0 aromatic carbocycles. The predicted octanol–water partition coefficient (Wildman–Crippen LogP) is 6.76. The minimum atomic E-state index is 0.718. The van der Waals surface area contributed by atoms with Crippen LogP contribution in [0.15, 0.2) is 12.2 Å². The van der Waals surface area contributed by atoms with E-state index < -0.39 is 0 Å². The lowest BCUT2D eigenvalue weighted by Crippen LogP contribution is -1.87. The van der Waals surface area contributed by atoms with Crippen LogP contribution in [0, 0.1) is 11.8 Å². The second kappa shape index (κ2) is 13.2. The summed E-state index contributed by atoms with van der Waals surface area (Å²) in [7, 11) is 0. The fourth-order valence-corrected chi connectivity index (χ4v) is 2.24. The first kappa shape index (κ1) is 17.7. The van der Waals surface area contributed by atoms with Crippen LogP contribution in [0.3, 0.4) is 0 Å². The number of unbranched alkanes of at least 4 members (excludes halogenated alkanes) is 8. The molecular weight excluding hydrogens is 216 g/mol. The smallest absolute Gasteiger partial charge is 0.0290 e. The molecule has 0 heterocycles. The molecule has 0 atom stereocenters. The van der Waals surface area contributed by atoms with Gasteiger partial charge in [0.05, 0.1) is 0 Å². The summed E-state index contributed by atoms with van der Waals surface area (Å²) in [6.45, 7) is 9.15. The number of hydrogen-bond donors (Lipinski definition) is 0. The molecule has 0 aromatic heterocycles. The molecule has 0 heteroatoms. The second-order valence-corrected chi connectivity index (χ2v) is 6.47. The molecule has 18 heavy (non-hydrogen) atoms. The maximum absolute atomic E-state index is 2.36. The molecule has 108 valence electrons. The Balaban J connectivity index is 3.03. The van der Waals surface area contributed by atoms with E-state index >= 15 is 0 Å². The second-order valence-electron chi connectivity index (χ2n) is 6.47. The SMILES string of the molecule is CC(C)/C=C/CCCCCCCCCCC(C)C. The van der Waals surface area contributed by atoms with E-state index in [9.17, 15) is 0 Å². The van der Waals surface area contributed by atoms with Crippen LogP contribution in [0.25, 0.3) is 0 Å². The van der Waals surface area contributed by atoms with Crippen molar-refractivity contribution in [1.29, 1.82) is 0 Å². The predicted molar refractivity (Wildman–Crippen MR) is 85.0 cm³/mol. The summed E-state index contributed by atoms with van der Waals surface area (Å²) < 4.78 is 0. The first-order valence-corrected chi connectivity index (χ1v) is 8.29. The van der Waals surface area contributed by atoms with E-state index in [1.165, 1.54) is 64.2 Å². The Morgan fingerprint density at radius 1 is 0.667 bits per heavy atom. The highest BCUT2D eigenvalue weighted by molar-refractivity contribution is 4.83. The molecule has 0 N–H and O–H groups in total. The summed E-state index contributed by atoms with van der Waals surface area (Å²) in [5, 5.41) is 0. The van der Waals surface area contributed by atoms with Crippen LogP contribution in [0.4, 0.5) is 0 Å². The van der Waals surface area contributed by atoms with Crippen LogP contribution in [0.2, 0.25) is 0 Å². The Bertz CT molecular complexity index is 176. The summed E-state index contributed by atoms with van der Waals surface area (Å²) in [6, 6.07) is 0. The van der Waals surface area contributed by atoms with Crippen LogP contribution in [-0.2, 0) is 0 Å². The van der Waals surface area contributed by atoms with Gasteiger partial charge in [0.15, 0.2) is 0 Å². The van der Waals surface area contributed by atoms with Gasteiger partial charge in [-0.15, -0.1) is 0 Å². The van der Waals surface area contributed by atoms with Crippen molar-refractivity contribution in [3.63, 3.8) is 0 Å². The molecule has 0 fully saturated rings. The van der Waals surface area contributed by atoms with Gasteiger partial charge in [0.25, 0.3) is 0 Å². The molecule has 0 nitrogen and oxygen atoms in total. The maximum Gasteiger partial charge on any atom is -0.0290 e. The Hall–Kier alpha value is -0.260. The average molecular weight is 252 g/mol. The molecular formula is C18H36. The fourth-order valence-electron chi connectivity index (χ4n) is 2.24. The molecule has 0 aliphatic carbocycles. The highest BCUT2D eigenvalue weighted by atomic mass is 14.0. The number of hydrogen-bond acceptors (Lipinski definition) is 0. The van der Waals surface area contributed by atoms with Crippen molar-refractivity contribution >= 4 is 0 Å². The topological polar surface area (TPSA) is 0 Å². The van der Waals surface area contributed by atoms with E-state index in [0.29, 0.717) is 0 Å². The van der Waals surface area contributed by atoms with Crippen molar-refractivity contribution in [3.05, 3.63) is 12.2 Å². The van der Waals surface area contributed by atoms with Gasteiger partial charge in [0, 0.05) is 0 Å². The minimum absolute atomic E-state index is 0.718. The van der Waals surface area contributed by atoms with Gasteiger partial charge in [-0.3, -0.25) is 0 Å². The van der Waals surface area contributed by atoms with Gasteiger partial charge >= 0.3 is 0 Å². The van der Waals surface area contributed by atoms with Crippen molar-refractivity contribution in [1.82, 2.24) is 0 Å². The third kappa shape index (κ3) is 15.7. The molecule has 0 amide bonds. The molecule has 0 aliphatic rings. The van der Waals surface area contributed by atoms with Gasteiger partial charge in [-0.1, -0.05) is 91.2 Å². The van der Waals surface area contributed by atoms with Gasteiger partial charge in [0.1, 0.15) is 0 Å². The van der Waals surface area contributed by atoms with Crippen molar-refractivity contribution in [2.75, 3.05) is 0 Å². The van der Waals surface area contributed by atoms with E-state index in [1.54, 1.807) is 0 Å². The van der Waals surface area contributed by atoms with Gasteiger partial charge < -0.3 is 0 Å². The zero-order valence-corrected chi connectivity index (χ0v) is 13.4. The van der Waals surface area contributed by atoms with Gasteiger partial charge in [-0.2, -0.15) is 0 Å². The monoisotopic (exact) mass is 252 g/mol. The van der Waals surface area contributed by atoms with Crippen LogP contribution in [-0.4, -0.2) is 0 Å². The standard InChI is InChI=1S/C18H36/c1-17(2)15-13-11-9-7-5-6-8-10-12-14-16-18(3)4/h13,15,17-18H,5-12,14,16H2,1-4H3/b15-13+. The molecule has 0 aromatic rings. The zero-order chi connectivity index (χ0) is 13.6. The fraction of sp³-hybridized carbons (Fsp3) is 0.889. The van der Waals surface area contributed by atoms with Gasteiger partial charge in [-0.05, 0) is 24.7 Å². The normalized spacial score (nSPS) is 12.1. The molecule has 0 unspecified atom stereocenters. The Labute approximate surface area is 116 Å². The first-order chi connectivity index (χ1) is 8.63. The van der Waals surface area contributed by atoms with E-state index in [-0.39, 0.29) is 0 Å². The van der Waals surface area contributed by atoms with Crippen molar-refractivity contribution in [3.8, 4) is 0 Å². The van der Waals surface area contributed by atoms with E-state index in [0.717, 1.165) is 11.8 Å². The lowest BCUT2D eigenvalue weighted by molar-refractivity contribution is 0.507. The summed E-state index contributed by atoms with van der Waals surface area (Å²) >= 11 is 0. The average Bonchev–Trinajstić information content (AvgIpc) is 2.29. The largest absolute Gasteiger partial charge is 0.0883 e. The molecule has 0 saturated carbocycles. The molecule has 0 aliphatic heterocycles. The third-order valence-electron chi connectivity index (χ3n) is 3.42.